The number of phenolic OH excluding ortho intramolecular Hbond substituents is 1. The predicted octanol–water partition coefficient (Wildman–Crippen LogP) is 3.90. The number of aromatic nitrogens is 2. The Morgan fingerprint density at radius 3 is 2.70 bits per heavy atom. The van der Waals surface area contributed by atoms with E-state index in [2.05, 4.69) is 15.3 Å². The van der Waals surface area contributed by atoms with Gasteiger partial charge in [-0.15, -0.1) is 10.2 Å². The molecule has 4 rings (SSSR count). The van der Waals surface area contributed by atoms with Gasteiger partial charge in [0.15, 0.2) is 0 Å². The Labute approximate surface area is 176 Å². The third kappa shape index (κ3) is 3.99. The average Bonchev–Trinajstić information content (AvgIpc) is 3.20. The number of ether oxygens (including phenoxy) is 1. The second-order valence-electron chi connectivity index (χ2n) is 6.22. The number of esters is 1. The van der Waals surface area contributed by atoms with Crippen LogP contribution in [-0.2, 0) is 4.74 Å². The number of rotatable bonds is 5. The minimum Gasteiger partial charge on any atom is -0.507 e. The maximum atomic E-state index is 12.1. The number of fused-ring (bicyclic) bond motifs is 1. The first kappa shape index (κ1) is 19.5. The number of para-hydroxylation sites is 1. The van der Waals surface area contributed by atoms with Crippen molar-refractivity contribution in [3.8, 4) is 11.4 Å². The van der Waals surface area contributed by atoms with E-state index < -0.39 is 5.97 Å². The Morgan fingerprint density at radius 2 is 1.90 bits per heavy atom. The summed E-state index contributed by atoms with van der Waals surface area (Å²) in [5, 5.41) is 25.1. The smallest absolute Gasteiger partial charge is 0.369 e. The van der Waals surface area contributed by atoms with Gasteiger partial charge in [-0.2, -0.15) is 5.10 Å². The third-order valence-electron chi connectivity index (χ3n) is 4.29. The van der Waals surface area contributed by atoms with Crippen molar-refractivity contribution in [3.63, 3.8) is 0 Å². The Morgan fingerprint density at radius 1 is 1.13 bits per heavy atom. The van der Waals surface area contributed by atoms with Gasteiger partial charge in [0.25, 0.3) is 0 Å². The Kier molecular flexibility index (Phi) is 5.67. The van der Waals surface area contributed by atoms with E-state index >= 15 is 0 Å². The number of benzene rings is 3. The van der Waals surface area contributed by atoms with E-state index in [1.54, 1.807) is 13.0 Å². The highest BCUT2D eigenvalue weighted by atomic mass is 32.1. The van der Waals surface area contributed by atoms with Gasteiger partial charge in [-0.25, -0.2) is 9.48 Å². The van der Waals surface area contributed by atoms with Gasteiger partial charge in [0, 0.05) is 5.56 Å². The maximum Gasteiger partial charge on any atom is 0.369 e. The monoisotopic (exact) mass is 418 g/mol. The Bertz CT molecular complexity index is 1290. The first-order valence-corrected chi connectivity index (χ1v) is 10.1. The van der Waals surface area contributed by atoms with Gasteiger partial charge in [-0.05, 0) is 35.9 Å². The van der Waals surface area contributed by atoms with Gasteiger partial charge in [-0.3, -0.25) is 0 Å². The molecule has 0 fully saturated rings. The van der Waals surface area contributed by atoms with Crippen LogP contribution in [0.25, 0.3) is 16.5 Å². The summed E-state index contributed by atoms with van der Waals surface area (Å²) in [6.45, 7) is 2.00. The molecule has 0 aliphatic heterocycles. The van der Waals surface area contributed by atoms with E-state index in [0.717, 1.165) is 27.8 Å². The molecular formula is C22H18N4O3S. The standard InChI is InChI=1S/C22H18N4O3S/c1-2-29-21(28)20-25-26(16-9-4-3-5-10-16)22(30-20)24-23-14-18-17-11-7-6-8-15(17)12-13-19(18)27/h3-14,27H,2H2,1H3/b23-14-,24-22-. The number of carbonyl (C=O) groups excluding carboxylic acids is 1. The summed E-state index contributed by atoms with van der Waals surface area (Å²) in [6, 6.07) is 20.5. The second-order valence-corrected chi connectivity index (χ2v) is 7.18. The van der Waals surface area contributed by atoms with Crippen molar-refractivity contribution in [2.45, 2.75) is 6.92 Å². The van der Waals surface area contributed by atoms with E-state index in [9.17, 15) is 9.90 Å². The Balaban J connectivity index is 1.78. The van der Waals surface area contributed by atoms with Gasteiger partial charge in [0.2, 0.25) is 9.81 Å². The fourth-order valence-corrected chi connectivity index (χ4v) is 3.67. The normalized spacial score (nSPS) is 12.0. The van der Waals surface area contributed by atoms with Crippen molar-refractivity contribution in [1.29, 1.82) is 0 Å². The van der Waals surface area contributed by atoms with Crippen molar-refractivity contribution in [3.05, 3.63) is 82.1 Å². The van der Waals surface area contributed by atoms with Crippen LogP contribution >= 0.6 is 11.3 Å². The van der Waals surface area contributed by atoms with Crippen LogP contribution in [0.4, 0.5) is 0 Å². The van der Waals surface area contributed by atoms with E-state index in [-0.39, 0.29) is 17.4 Å². The van der Waals surface area contributed by atoms with Crippen molar-refractivity contribution < 1.29 is 14.6 Å². The van der Waals surface area contributed by atoms with Gasteiger partial charge < -0.3 is 9.84 Å². The zero-order chi connectivity index (χ0) is 20.9. The summed E-state index contributed by atoms with van der Waals surface area (Å²) in [4.78, 5) is 12.5. The molecular weight excluding hydrogens is 400 g/mol. The fraction of sp³-hybridized carbons (Fsp3) is 0.0909. The molecule has 30 heavy (non-hydrogen) atoms. The Hall–Kier alpha value is -3.78. The molecule has 1 heterocycles. The fourth-order valence-electron chi connectivity index (χ4n) is 2.91. The van der Waals surface area contributed by atoms with Crippen LogP contribution in [0, 0.1) is 0 Å². The van der Waals surface area contributed by atoms with Crippen LogP contribution in [0.3, 0.4) is 0 Å². The zero-order valence-electron chi connectivity index (χ0n) is 16.1. The summed E-state index contributed by atoms with van der Waals surface area (Å²) >= 11 is 1.08. The summed E-state index contributed by atoms with van der Waals surface area (Å²) in [5.41, 5.74) is 1.31. The number of aromatic hydroxyl groups is 1. The van der Waals surface area contributed by atoms with Gasteiger partial charge in [0.1, 0.15) is 5.75 Å². The minimum absolute atomic E-state index is 0.111. The number of hydrogen-bond acceptors (Lipinski definition) is 7. The molecule has 1 N–H and O–H groups in total. The van der Waals surface area contributed by atoms with E-state index in [4.69, 9.17) is 4.74 Å². The summed E-state index contributed by atoms with van der Waals surface area (Å²) in [5.74, 6) is -0.399. The highest BCUT2D eigenvalue weighted by molar-refractivity contribution is 7.10. The lowest BCUT2D eigenvalue weighted by Crippen LogP contribution is -2.14. The lowest BCUT2D eigenvalue weighted by molar-refractivity contribution is 0.0524. The number of nitrogens with zero attached hydrogens (tertiary/aromatic N) is 4. The topological polar surface area (TPSA) is 89.1 Å². The molecule has 8 heteroatoms. The van der Waals surface area contributed by atoms with Gasteiger partial charge in [-0.1, -0.05) is 59.9 Å². The molecule has 0 aliphatic carbocycles. The first-order valence-electron chi connectivity index (χ1n) is 9.28. The van der Waals surface area contributed by atoms with Crippen molar-refractivity contribution in [1.82, 2.24) is 9.78 Å². The van der Waals surface area contributed by atoms with E-state index in [0.29, 0.717) is 10.4 Å². The predicted molar refractivity (Wildman–Crippen MR) is 116 cm³/mol. The molecule has 0 bridgehead atoms. The summed E-state index contributed by atoms with van der Waals surface area (Å²) < 4.78 is 6.59. The molecule has 0 saturated heterocycles. The quantitative estimate of drug-likeness (QED) is 0.302. The van der Waals surface area contributed by atoms with Crippen molar-refractivity contribution in [2.24, 2.45) is 10.2 Å². The molecule has 0 amide bonds. The molecule has 3 aromatic carbocycles. The second kappa shape index (κ2) is 8.71. The molecule has 0 atom stereocenters. The lowest BCUT2D eigenvalue weighted by Gasteiger charge is -2.03. The largest absolute Gasteiger partial charge is 0.507 e. The molecule has 0 aliphatic rings. The van der Waals surface area contributed by atoms with Crippen molar-refractivity contribution in [2.75, 3.05) is 6.61 Å². The number of hydrogen-bond donors (Lipinski definition) is 1. The number of carbonyl (C=O) groups is 1. The summed E-state index contributed by atoms with van der Waals surface area (Å²) in [7, 11) is 0. The molecule has 150 valence electrons. The van der Waals surface area contributed by atoms with Crippen LogP contribution in [0.5, 0.6) is 5.75 Å². The molecule has 1 aromatic heterocycles. The summed E-state index contributed by atoms with van der Waals surface area (Å²) in [6.07, 6.45) is 1.50. The molecule has 0 radical (unpaired) electrons. The highest BCUT2D eigenvalue weighted by Gasteiger charge is 2.15. The number of phenols is 1. The molecule has 7 nitrogen and oxygen atoms in total. The molecule has 0 saturated carbocycles. The minimum atomic E-state index is -0.510. The maximum absolute atomic E-state index is 12.1. The average molecular weight is 418 g/mol. The van der Waals surface area contributed by atoms with Crippen molar-refractivity contribution >= 4 is 34.3 Å². The van der Waals surface area contributed by atoms with Crippen LogP contribution in [0.15, 0.2) is 76.9 Å². The van der Waals surface area contributed by atoms with Gasteiger partial charge >= 0.3 is 5.97 Å². The first-order chi connectivity index (χ1) is 14.7. The van der Waals surface area contributed by atoms with E-state index in [1.165, 1.54) is 10.9 Å². The van der Waals surface area contributed by atoms with Crippen LogP contribution in [0.1, 0.15) is 22.3 Å². The van der Waals surface area contributed by atoms with Gasteiger partial charge in [0.05, 0.1) is 18.5 Å². The van der Waals surface area contributed by atoms with Crippen LogP contribution < -0.4 is 4.80 Å². The van der Waals surface area contributed by atoms with Crippen LogP contribution in [-0.4, -0.2) is 33.7 Å². The zero-order valence-corrected chi connectivity index (χ0v) is 16.9. The van der Waals surface area contributed by atoms with Crippen LogP contribution in [0.2, 0.25) is 0 Å². The molecule has 0 spiro atoms. The SMILES string of the molecule is CCOC(=O)c1nn(-c2ccccc2)/c(=N/N=C\c2c(O)ccc3ccccc23)s1. The molecule has 0 unspecified atom stereocenters. The third-order valence-corrected chi connectivity index (χ3v) is 5.17. The molecule has 4 aromatic rings. The lowest BCUT2D eigenvalue weighted by atomic mass is 10.0. The van der Waals surface area contributed by atoms with E-state index in [1.807, 2.05) is 60.7 Å². The highest BCUT2D eigenvalue weighted by Crippen LogP contribution is 2.25.